The van der Waals surface area contributed by atoms with Crippen LogP contribution in [0.25, 0.3) is 22.3 Å². The van der Waals surface area contributed by atoms with Gasteiger partial charge in [-0.15, -0.1) is 0 Å². The third-order valence-corrected chi connectivity index (χ3v) is 10.4. The SMILES string of the molecule is CCC(Oc1c(-c2cc(OC)c(OC)c(OC)c2)oc2cc(OC)cc(OC)c2c1=O)N1CCNC(S(=O)(=O)c2ccccc2Cl)C1. The number of benzene rings is 3. The predicted octanol–water partition coefficient (Wildman–Crippen LogP) is 4.98. The van der Waals surface area contributed by atoms with Crippen LogP contribution in [0.5, 0.6) is 34.5 Å². The summed E-state index contributed by atoms with van der Waals surface area (Å²) in [6.07, 6.45) is -0.309. The van der Waals surface area contributed by atoms with E-state index in [0.29, 0.717) is 48.1 Å². The highest BCUT2D eigenvalue weighted by atomic mass is 35.5. The summed E-state index contributed by atoms with van der Waals surface area (Å²) >= 11 is 6.27. The number of ether oxygens (including phenoxy) is 6. The molecule has 1 aromatic heterocycles. The van der Waals surface area contributed by atoms with E-state index >= 15 is 0 Å². The predicted molar refractivity (Wildman–Crippen MR) is 177 cm³/mol. The van der Waals surface area contributed by atoms with Gasteiger partial charge >= 0.3 is 0 Å². The van der Waals surface area contributed by atoms with Gasteiger partial charge in [0.25, 0.3) is 0 Å². The zero-order chi connectivity index (χ0) is 33.9. The molecule has 1 saturated heterocycles. The molecule has 0 aliphatic carbocycles. The molecular formula is C33H37ClN2O10S. The molecule has 5 rings (SSSR count). The van der Waals surface area contributed by atoms with Crippen LogP contribution in [0.1, 0.15) is 13.3 Å². The Morgan fingerprint density at radius 3 is 2.21 bits per heavy atom. The largest absolute Gasteiger partial charge is 0.496 e. The molecule has 2 unspecified atom stereocenters. The topological polar surface area (TPSA) is 135 Å². The van der Waals surface area contributed by atoms with E-state index in [4.69, 9.17) is 44.4 Å². The van der Waals surface area contributed by atoms with Crippen molar-refractivity contribution in [1.82, 2.24) is 10.2 Å². The van der Waals surface area contributed by atoms with Gasteiger partial charge in [-0.25, -0.2) is 8.42 Å². The van der Waals surface area contributed by atoms with Crippen molar-refractivity contribution in [2.45, 2.75) is 29.8 Å². The number of methoxy groups -OCH3 is 5. The molecular weight excluding hydrogens is 652 g/mol. The molecule has 3 aromatic carbocycles. The molecule has 0 bridgehead atoms. The number of nitrogens with one attached hydrogen (secondary N) is 1. The van der Waals surface area contributed by atoms with Crippen LogP contribution in [0.3, 0.4) is 0 Å². The summed E-state index contributed by atoms with van der Waals surface area (Å²) in [7, 11) is 3.53. The number of halogens is 1. The van der Waals surface area contributed by atoms with Crippen molar-refractivity contribution in [3.05, 3.63) is 63.8 Å². The fourth-order valence-electron chi connectivity index (χ4n) is 5.62. The second kappa shape index (κ2) is 14.3. The first kappa shape index (κ1) is 34.2. The summed E-state index contributed by atoms with van der Waals surface area (Å²) in [4.78, 5) is 16.3. The number of rotatable bonds is 12. The molecule has 2 atom stereocenters. The summed E-state index contributed by atoms with van der Waals surface area (Å²) in [5, 5.41) is 2.42. The minimum atomic E-state index is -3.85. The van der Waals surface area contributed by atoms with Gasteiger partial charge in [-0.1, -0.05) is 30.7 Å². The third kappa shape index (κ3) is 6.53. The van der Waals surface area contributed by atoms with Crippen molar-refractivity contribution in [3.8, 4) is 45.8 Å². The second-order valence-corrected chi connectivity index (χ2v) is 13.1. The van der Waals surface area contributed by atoms with Crippen molar-refractivity contribution < 1.29 is 41.3 Å². The van der Waals surface area contributed by atoms with E-state index in [0.717, 1.165) is 0 Å². The average Bonchev–Trinajstić information content (AvgIpc) is 3.09. The van der Waals surface area contributed by atoms with Crippen LogP contribution in [-0.2, 0) is 9.84 Å². The van der Waals surface area contributed by atoms with E-state index in [1.54, 1.807) is 42.5 Å². The second-order valence-electron chi connectivity index (χ2n) is 10.6. The van der Waals surface area contributed by atoms with Crippen LogP contribution < -0.4 is 39.2 Å². The summed E-state index contributed by atoms with van der Waals surface area (Å²) in [5.74, 6) is 1.65. The monoisotopic (exact) mass is 688 g/mol. The number of hydrogen-bond donors (Lipinski definition) is 1. The number of hydrogen-bond acceptors (Lipinski definition) is 12. The van der Waals surface area contributed by atoms with Gasteiger partial charge < -0.3 is 32.8 Å². The molecule has 1 N–H and O–H groups in total. The maximum Gasteiger partial charge on any atom is 0.239 e. The first-order valence-corrected chi connectivity index (χ1v) is 16.7. The van der Waals surface area contributed by atoms with E-state index in [9.17, 15) is 13.2 Å². The molecule has 12 nitrogen and oxygen atoms in total. The summed E-state index contributed by atoms with van der Waals surface area (Å²) < 4.78 is 67.8. The molecule has 0 saturated carbocycles. The average molecular weight is 689 g/mol. The van der Waals surface area contributed by atoms with Crippen molar-refractivity contribution >= 4 is 32.4 Å². The highest BCUT2D eigenvalue weighted by molar-refractivity contribution is 7.92. The van der Waals surface area contributed by atoms with Gasteiger partial charge in [-0.3, -0.25) is 15.0 Å². The van der Waals surface area contributed by atoms with Crippen LogP contribution in [-0.4, -0.2) is 80.1 Å². The van der Waals surface area contributed by atoms with Gasteiger partial charge in [0.1, 0.15) is 27.8 Å². The third-order valence-electron chi connectivity index (χ3n) is 7.97. The van der Waals surface area contributed by atoms with Gasteiger partial charge in [0.15, 0.2) is 33.3 Å². The van der Waals surface area contributed by atoms with E-state index in [2.05, 4.69) is 5.32 Å². The smallest absolute Gasteiger partial charge is 0.239 e. The summed E-state index contributed by atoms with van der Waals surface area (Å²) in [5.41, 5.74) is 0.108. The van der Waals surface area contributed by atoms with Crippen molar-refractivity contribution in [1.29, 1.82) is 0 Å². The lowest BCUT2D eigenvalue weighted by atomic mass is 10.1. The van der Waals surface area contributed by atoms with Crippen LogP contribution in [0.4, 0.5) is 0 Å². The number of fused-ring (bicyclic) bond motifs is 1. The lowest BCUT2D eigenvalue weighted by Gasteiger charge is -2.38. The Morgan fingerprint density at radius 2 is 1.62 bits per heavy atom. The van der Waals surface area contributed by atoms with Crippen molar-refractivity contribution in [3.63, 3.8) is 0 Å². The summed E-state index contributed by atoms with van der Waals surface area (Å²) in [6, 6.07) is 12.8. The Hall–Kier alpha value is -4.17. The molecule has 0 radical (unpaired) electrons. The van der Waals surface area contributed by atoms with Crippen molar-refractivity contribution in [2.24, 2.45) is 0 Å². The highest BCUT2D eigenvalue weighted by Crippen LogP contribution is 2.44. The molecule has 4 aromatic rings. The van der Waals surface area contributed by atoms with Crippen LogP contribution >= 0.6 is 11.6 Å². The quantitative estimate of drug-likeness (QED) is 0.215. The normalized spacial score (nSPS) is 16.0. The van der Waals surface area contributed by atoms with Gasteiger partial charge in [0.2, 0.25) is 16.9 Å². The van der Waals surface area contributed by atoms with E-state index in [1.165, 1.54) is 41.6 Å². The molecule has 14 heteroatoms. The Balaban J connectivity index is 1.64. The standard InChI is InChI=1S/C33H37ClN2O10S/c1-7-28(36-13-12-35-27(18-36)47(38,39)26-11-9-8-10-21(26)34)46-33-30(37)29-22(41-3)16-20(40-2)17-23(29)45-31(33)19-14-24(42-4)32(44-6)25(15-19)43-5/h8-11,14-17,27-28,35H,7,12-13,18H2,1-6H3. The number of sulfone groups is 1. The first-order chi connectivity index (χ1) is 22.6. The van der Waals surface area contributed by atoms with Gasteiger partial charge in [-0.05, 0) is 30.7 Å². The zero-order valence-corrected chi connectivity index (χ0v) is 28.5. The van der Waals surface area contributed by atoms with E-state index in [1.807, 2.05) is 11.8 Å². The van der Waals surface area contributed by atoms with E-state index < -0.39 is 26.9 Å². The molecule has 1 aliphatic heterocycles. The molecule has 47 heavy (non-hydrogen) atoms. The lowest BCUT2D eigenvalue weighted by Crippen LogP contribution is -2.57. The zero-order valence-electron chi connectivity index (χ0n) is 26.9. The fraction of sp³-hybridized carbons (Fsp3) is 0.364. The lowest BCUT2D eigenvalue weighted by molar-refractivity contribution is 0.00956. The fourth-order valence-corrected chi connectivity index (χ4v) is 7.72. The minimum absolute atomic E-state index is 0.0392. The Morgan fingerprint density at radius 1 is 0.936 bits per heavy atom. The molecule has 0 amide bonds. The minimum Gasteiger partial charge on any atom is -0.496 e. The number of piperazine rings is 1. The van der Waals surface area contributed by atoms with E-state index in [-0.39, 0.29) is 44.7 Å². The number of nitrogens with zero attached hydrogens (tertiary/aromatic N) is 1. The van der Waals surface area contributed by atoms with Gasteiger partial charge in [0.05, 0.1) is 45.5 Å². The maximum atomic E-state index is 14.4. The Bertz CT molecular complexity index is 1910. The van der Waals surface area contributed by atoms with Crippen LogP contribution in [0.2, 0.25) is 5.02 Å². The maximum absolute atomic E-state index is 14.4. The molecule has 0 spiro atoms. The summed E-state index contributed by atoms with van der Waals surface area (Å²) in [6.45, 7) is 2.77. The van der Waals surface area contributed by atoms with Gasteiger partial charge in [-0.2, -0.15) is 0 Å². The van der Waals surface area contributed by atoms with Crippen LogP contribution in [0, 0.1) is 0 Å². The molecule has 2 heterocycles. The molecule has 252 valence electrons. The molecule has 1 fully saturated rings. The Labute approximate surface area is 277 Å². The molecule has 1 aliphatic rings. The van der Waals surface area contributed by atoms with Gasteiger partial charge in [0, 0.05) is 37.3 Å². The van der Waals surface area contributed by atoms with Crippen LogP contribution in [0.15, 0.2) is 62.6 Å². The van der Waals surface area contributed by atoms with Crippen molar-refractivity contribution in [2.75, 3.05) is 55.2 Å². The highest BCUT2D eigenvalue weighted by Gasteiger charge is 2.36. The Kier molecular flexibility index (Phi) is 10.4. The first-order valence-electron chi connectivity index (χ1n) is 14.8.